The molecule has 21 heavy (non-hydrogen) atoms. The Morgan fingerprint density at radius 1 is 1.14 bits per heavy atom. The number of aromatic nitrogens is 3. The van der Waals surface area contributed by atoms with Crippen LogP contribution in [-0.2, 0) is 0 Å². The first-order chi connectivity index (χ1) is 10.1. The van der Waals surface area contributed by atoms with Gasteiger partial charge in [0.25, 0.3) is 0 Å². The third-order valence-corrected chi connectivity index (χ3v) is 3.07. The van der Waals surface area contributed by atoms with E-state index < -0.39 is 0 Å². The van der Waals surface area contributed by atoms with Gasteiger partial charge < -0.3 is 5.32 Å². The van der Waals surface area contributed by atoms with Gasteiger partial charge in [0.2, 0.25) is 0 Å². The van der Waals surface area contributed by atoms with Crippen LogP contribution in [0.1, 0.15) is 11.3 Å². The molecule has 1 aromatic carbocycles. The predicted molar refractivity (Wildman–Crippen MR) is 82.4 cm³/mol. The maximum Gasteiger partial charge on any atom is 0.324 e. The van der Waals surface area contributed by atoms with Crippen molar-refractivity contribution in [3.63, 3.8) is 0 Å². The topological polar surface area (TPSA) is 82.7 Å². The molecule has 2 amide bonds. The first kappa shape index (κ1) is 13.1. The number of aryl methyl sites for hydroxylation is 2. The highest BCUT2D eigenvalue weighted by Crippen LogP contribution is 2.19. The van der Waals surface area contributed by atoms with E-state index in [1.807, 2.05) is 50.2 Å². The molecule has 3 rings (SSSR count). The number of nitrogens with zero attached hydrogens (tertiary/aromatic N) is 2. The van der Waals surface area contributed by atoms with E-state index in [0.717, 1.165) is 22.3 Å². The van der Waals surface area contributed by atoms with E-state index in [1.54, 1.807) is 0 Å². The number of carbonyl (C=O) groups excluding carboxylic acids is 1. The molecular weight excluding hydrogens is 266 g/mol. The molecule has 3 aromatic rings. The molecule has 0 saturated carbocycles. The van der Waals surface area contributed by atoms with Crippen LogP contribution in [0.4, 0.5) is 16.3 Å². The number of fused-ring (bicyclic) bond motifs is 1. The Bertz CT molecular complexity index is 809. The normalized spacial score (nSPS) is 10.6. The van der Waals surface area contributed by atoms with Crippen LogP contribution in [0.15, 0.2) is 36.4 Å². The summed E-state index contributed by atoms with van der Waals surface area (Å²) in [6, 6.07) is 11.0. The van der Waals surface area contributed by atoms with E-state index in [0.29, 0.717) is 11.5 Å². The second kappa shape index (κ2) is 5.24. The fourth-order valence-electron chi connectivity index (χ4n) is 2.09. The summed E-state index contributed by atoms with van der Waals surface area (Å²) >= 11 is 0. The minimum atomic E-state index is -0.338. The smallest absolute Gasteiger partial charge is 0.308 e. The Hall–Kier alpha value is -2.89. The fraction of sp³-hybridized carbons (Fsp3) is 0.133. The van der Waals surface area contributed by atoms with Crippen molar-refractivity contribution >= 4 is 28.6 Å². The lowest BCUT2D eigenvalue weighted by molar-refractivity contribution is 0.262. The zero-order valence-corrected chi connectivity index (χ0v) is 11.8. The number of carbonyl (C=O) groups is 1. The molecule has 106 valence electrons. The summed E-state index contributed by atoms with van der Waals surface area (Å²) in [5.41, 5.74) is 3.36. The van der Waals surface area contributed by atoms with Crippen molar-refractivity contribution < 1.29 is 4.79 Å². The van der Waals surface area contributed by atoms with E-state index in [-0.39, 0.29) is 6.03 Å². The molecule has 0 fully saturated rings. The molecule has 0 bridgehead atoms. The maximum absolute atomic E-state index is 12.0. The van der Waals surface area contributed by atoms with Crippen molar-refractivity contribution in [2.24, 2.45) is 0 Å². The average molecular weight is 281 g/mol. The van der Waals surface area contributed by atoms with Crippen LogP contribution < -0.4 is 10.6 Å². The lowest BCUT2D eigenvalue weighted by atomic mass is 10.2. The third-order valence-electron chi connectivity index (χ3n) is 3.07. The van der Waals surface area contributed by atoms with Crippen molar-refractivity contribution in [2.75, 3.05) is 10.6 Å². The van der Waals surface area contributed by atoms with Crippen molar-refractivity contribution in [3.8, 4) is 0 Å². The number of hydrogen-bond donors (Lipinski definition) is 3. The maximum atomic E-state index is 12.0. The van der Waals surface area contributed by atoms with Crippen LogP contribution in [0.25, 0.3) is 11.0 Å². The summed E-state index contributed by atoms with van der Waals surface area (Å²) in [4.78, 5) is 16.3. The number of rotatable bonds is 2. The number of benzene rings is 1. The van der Waals surface area contributed by atoms with Gasteiger partial charge in [0.1, 0.15) is 0 Å². The summed E-state index contributed by atoms with van der Waals surface area (Å²) < 4.78 is 0. The molecule has 0 unspecified atom stereocenters. The SMILES string of the molecule is Cc1cccc(NC(=O)Nc2n[nH]c3nc(C)ccc23)c1. The van der Waals surface area contributed by atoms with Crippen LogP contribution in [0.2, 0.25) is 0 Å². The molecule has 0 aliphatic heterocycles. The van der Waals surface area contributed by atoms with Gasteiger partial charge >= 0.3 is 6.03 Å². The molecule has 0 atom stereocenters. The third kappa shape index (κ3) is 2.84. The van der Waals surface area contributed by atoms with Gasteiger partial charge in [0.05, 0.1) is 5.39 Å². The predicted octanol–water partition coefficient (Wildman–Crippen LogP) is 3.22. The minimum absolute atomic E-state index is 0.338. The number of amides is 2. The average Bonchev–Trinajstić information content (AvgIpc) is 2.81. The molecular formula is C15H15N5O. The summed E-state index contributed by atoms with van der Waals surface area (Å²) in [5, 5.41) is 13.2. The summed E-state index contributed by atoms with van der Waals surface area (Å²) in [6.45, 7) is 3.87. The van der Waals surface area contributed by atoms with E-state index in [2.05, 4.69) is 25.8 Å². The van der Waals surface area contributed by atoms with E-state index in [9.17, 15) is 4.79 Å². The standard InChI is InChI=1S/C15H15N5O/c1-9-4-3-5-11(8-9)17-15(21)18-14-12-7-6-10(2)16-13(12)19-20-14/h3-8H,1-2H3,(H3,16,17,18,19,20,21). The number of anilines is 2. The lowest BCUT2D eigenvalue weighted by Crippen LogP contribution is -2.19. The molecule has 0 saturated heterocycles. The summed E-state index contributed by atoms with van der Waals surface area (Å²) in [6.07, 6.45) is 0. The summed E-state index contributed by atoms with van der Waals surface area (Å²) in [5.74, 6) is 0.461. The molecule has 0 aliphatic carbocycles. The molecule has 0 radical (unpaired) electrons. The number of hydrogen-bond acceptors (Lipinski definition) is 3. The van der Waals surface area contributed by atoms with E-state index in [1.165, 1.54) is 0 Å². The molecule has 2 aromatic heterocycles. The van der Waals surface area contributed by atoms with Gasteiger partial charge in [0.15, 0.2) is 11.5 Å². The van der Waals surface area contributed by atoms with Gasteiger partial charge in [-0.25, -0.2) is 9.78 Å². The van der Waals surface area contributed by atoms with E-state index >= 15 is 0 Å². The zero-order chi connectivity index (χ0) is 14.8. The Balaban J connectivity index is 1.77. The van der Waals surface area contributed by atoms with Gasteiger partial charge in [-0.15, -0.1) is 0 Å². The number of pyridine rings is 1. The second-order valence-electron chi connectivity index (χ2n) is 4.87. The monoisotopic (exact) mass is 281 g/mol. The molecule has 0 aliphatic rings. The molecule has 6 nitrogen and oxygen atoms in total. The van der Waals surface area contributed by atoms with Gasteiger partial charge in [0, 0.05) is 11.4 Å². The van der Waals surface area contributed by atoms with Crippen LogP contribution in [-0.4, -0.2) is 21.2 Å². The number of nitrogens with one attached hydrogen (secondary N) is 3. The molecule has 2 heterocycles. The lowest BCUT2D eigenvalue weighted by Gasteiger charge is -2.06. The van der Waals surface area contributed by atoms with Crippen molar-refractivity contribution in [1.29, 1.82) is 0 Å². The highest BCUT2D eigenvalue weighted by molar-refractivity contribution is 6.03. The Morgan fingerprint density at radius 2 is 2.00 bits per heavy atom. The van der Waals surface area contributed by atoms with Crippen LogP contribution in [0.3, 0.4) is 0 Å². The van der Waals surface area contributed by atoms with Gasteiger partial charge in [-0.05, 0) is 43.7 Å². The second-order valence-corrected chi connectivity index (χ2v) is 4.87. The first-order valence-corrected chi connectivity index (χ1v) is 6.58. The highest BCUT2D eigenvalue weighted by Gasteiger charge is 2.10. The molecule has 6 heteroatoms. The number of H-pyrrole nitrogens is 1. The summed E-state index contributed by atoms with van der Waals surface area (Å²) in [7, 11) is 0. The molecule has 3 N–H and O–H groups in total. The van der Waals surface area contributed by atoms with Crippen molar-refractivity contribution in [2.45, 2.75) is 13.8 Å². The van der Waals surface area contributed by atoms with Gasteiger partial charge in [-0.2, -0.15) is 5.10 Å². The zero-order valence-electron chi connectivity index (χ0n) is 11.8. The quantitative estimate of drug-likeness (QED) is 0.674. The van der Waals surface area contributed by atoms with Gasteiger partial charge in [-0.1, -0.05) is 12.1 Å². The highest BCUT2D eigenvalue weighted by atomic mass is 16.2. The van der Waals surface area contributed by atoms with Crippen LogP contribution in [0.5, 0.6) is 0 Å². The van der Waals surface area contributed by atoms with Crippen molar-refractivity contribution in [1.82, 2.24) is 15.2 Å². The van der Waals surface area contributed by atoms with Crippen LogP contribution >= 0.6 is 0 Å². The number of urea groups is 1. The Kier molecular flexibility index (Phi) is 3.27. The minimum Gasteiger partial charge on any atom is -0.308 e. The Labute approximate surface area is 121 Å². The number of aromatic amines is 1. The molecule has 0 spiro atoms. The first-order valence-electron chi connectivity index (χ1n) is 6.58. The van der Waals surface area contributed by atoms with E-state index in [4.69, 9.17) is 0 Å². The van der Waals surface area contributed by atoms with Gasteiger partial charge in [-0.3, -0.25) is 10.4 Å². The fourth-order valence-corrected chi connectivity index (χ4v) is 2.09. The van der Waals surface area contributed by atoms with Crippen LogP contribution in [0, 0.1) is 13.8 Å². The largest absolute Gasteiger partial charge is 0.324 e. The van der Waals surface area contributed by atoms with Crippen molar-refractivity contribution in [3.05, 3.63) is 47.7 Å². The Morgan fingerprint density at radius 3 is 2.81 bits per heavy atom.